The molecule has 4 nitrogen and oxygen atoms in total. The Morgan fingerprint density at radius 3 is 2.58 bits per heavy atom. The first-order valence-corrected chi connectivity index (χ1v) is 8.02. The summed E-state index contributed by atoms with van der Waals surface area (Å²) in [6.07, 6.45) is 0.845. The van der Waals surface area contributed by atoms with Crippen LogP contribution in [0.15, 0.2) is 9.37 Å². The molecule has 7 heteroatoms. The molecule has 0 atom stereocenters. The van der Waals surface area contributed by atoms with E-state index in [2.05, 4.69) is 33.2 Å². The number of rotatable bonds is 4. The summed E-state index contributed by atoms with van der Waals surface area (Å²) in [6.45, 7) is 8.07. The van der Waals surface area contributed by atoms with Crippen molar-refractivity contribution in [1.29, 1.82) is 0 Å². The van der Waals surface area contributed by atoms with Crippen molar-refractivity contribution in [2.75, 3.05) is 0 Å². The van der Waals surface area contributed by atoms with Crippen molar-refractivity contribution in [3.63, 3.8) is 0 Å². The molecular formula is C12H15ClN4S2. The zero-order chi connectivity index (χ0) is 14.0. The molecular weight excluding hydrogens is 300 g/mol. The Morgan fingerprint density at radius 1 is 1.26 bits per heavy atom. The molecule has 0 saturated carbocycles. The topological polar surface area (TPSA) is 51.6 Å². The van der Waals surface area contributed by atoms with Gasteiger partial charge in [0.2, 0.25) is 0 Å². The number of aryl methyl sites for hydroxylation is 1. The standard InChI is InChI=1S/C12H15ClN4S2/c1-5-8-14-12(19-17-8)18-11-7(4)9(13)15-10(16-11)6(2)3/h6H,5H2,1-4H3. The van der Waals surface area contributed by atoms with Crippen molar-refractivity contribution < 1.29 is 0 Å². The van der Waals surface area contributed by atoms with E-state index in [0.717, 1.165) is 33.0 Å². The molecule has 0 N–H and O–H groups in total. The summed E-state index contributed by atoms with van der Waals surface area (Å²) >= 11 is 9.07. The molecule has 0 bridgehead atoms. The van der Waals surface area contributed by atoms with Crippen LogP contribution in [0.5, 0.6) is 0 Å². The van der Waals surface area contributed by atoms with Crippen molar-refractivity contribution in [3.05, 3.63) is 22.4 Å². The Morgan fingerprint density at radius 2 is 2.00 bits per heavy atom. The molecule has 2 heterocycles. The fourth-order valence-corrected chi connectivity index (χ4v) is 3.28. The van der Waals surface area contributed by atoms with Gasteiger partial charge in [0.05, 0.1) is 0 Å². The van der Waals surface area contributed by atoms with E-state index in [-0.39, 0.29) is 5.92 Å². The van der Waals surface area contributed by atoms with E-state index in [1.165, 1.54) is 23.3 Å². The van der Waals surface area contributed by atoms with Gasteiger partial charge in [-0.2, -0.15) is 4.37 Å². The van der Waals surface area contributed by atoms with Gasteiger partial charge < -0.3 is 0 Å². The summed E-state index contributed by atoms with van der Waals surface area (Å²) in [4.78, 5) is 13.3. The smallest absolute Gasteiger partial charge is 0.176 e. The largest absolute Gasteiger partial charge is 0.225 e. The summed E-state index contributed by atoms with van der Waals surface area (Å²) in [5.74, 6) is 1.88. The molecule has 0 aliphatic carbocycles. The Labute approximate surface area is 126 Å². The predicted octanol–water partition coefficient (Wildman–Crippen LogP) is 4.13. The summed E-state index contributed by atoms with van der Waals surface area (Å²) in [6, 6.07) is 0. The lowest BCUT2D eigenvalue weighted by molar-refractivity contribution is 0.747. The fraction of sp³-hybridized carbons (Fsp3) is 0.500. The van der Waals surface area contributed by atoms with Crippen molar-refractivity contribution in [2.24, 2.45) is 0 Å². The second-order valence-electron chi connectivity index (χ2n) is 4.39. The van der Waals surface area contributed by atoms with E-state index in [4.69, 9.17) is 11.6 Å². The zero-order valence-corrected chi connectivity index (χ0v) is 13.7. The van der Waals surface area contributed by atoms with E-state index in [1.807, 2.05) is 13.8 Å². The molecule has 102 valence electrons. The maximum atomic E-state index is 6.16. The molecule has 2 aromatic rings. The lowest BCUT2D eigenvalue weighted by atomic mass is 10.2. The minimum absolute atomic E-state index is 0.248. The summed E-state index contributed by atoms with van der Waals surface area (Å²) in [5, 5.41) is 1.38. The van der Waals surface area contributed by atoms with E-state index in [1.54, 1.807) is 0 Å². The average Bonchev–Trinajstić information content (AvgIpc) is 2.82. The number of hydrogen-bond donors (Lipinski definition) is 0. The predicted molar refractivity (Wildman–Crippen MR) is 79.3 cm³/mol. The summed E-state index contributed by atoms with van der Waals surface area (Å²) in [5.41, 5.74) is 0.893. The lowest BCUT2D eigenvalue weighted by Gasteiger charge is -2.09. The fourth-order valence-electron chi connectivity index (χ4n) is 1.35. The van der Waals surface area contributed by atoms with Gasteiger partial charge in [-0.15, -0.1) is 0 Å². The molecule has 2 rings (SSSR count). The van der Waals surface area contributed by atoms with Crippen molar-refractivity contribution >= 4 is 34.9 Å². The van der Waals surface area contributed by atoms with Crippen LogP contribution in [0.4, 0.5) is 0 Å². The van der Waals surface area contributed by atoms with Gasteiger partial charge in [0.1, 0.15) is 21.8 Å². The molecule has 0 spiro atoms. The molecule has 0 amide bonds. The maximum Gasteiger partial charge on any atom is 0.176 e. The molecule has 0 aromatic carbocycles. The molecule has 0 radical (unpaired) electrons. The van der Waals surface area contributed by atoms with Gasteiger partial charge in [0.25, 0.3) is 0 Å². The normalized spacial score (nSPS) is 11.3. The average molecular weight is 315 g/mol. The van der Waals surface area contributed by atoms with Crippen LogP contribution in [-0.4, -0.2) is 19.3 Å². The molecule has 2 aromatic heterocycles. The van der Waals surface area contributed by atoms with Crippen molar-refractivity contribution in [1.82, 2.24) is 19.3 Å². The van der Waals surface area contributed by atoms with Crippen LogP contribution in [-0.2, 0) is 6.42 Å². The van der Waals surface area contributed by atoms with E-state index < -0.39 is 0 Å². The van der Waals surface area contributed by atoms with E-state index in [0.29, 0.717) is 5.15 Å². The zero-order valence-electron chi connectivity index (χ0n) is 11.3. The van der Waals surface area contributed by atoms with Crippen LogP contribution in [0.25, 0.3) is 0 Å². The van der Waals surface area contributed by atoms with Gasteiger partial charge in [-0.3, -0.25) is 0 Å². The Bertz CT molecular complexity index is 583. The van der Waals surface area contributed by atoms with Crippen LogP contribution in [0, 0.1) is 6.92 Å². The highest BCUT2D eigenvalue weighted by Crippen LogP contribution is 2.33. The molecule has 0 aliphatic heterocycles. The SMILES string of the molecule is CCc1nsc(Sc2nc(C(C)C)nc(Cl)c2C)n1. The molecule has 0 saturated heterocycles. The van der Waals surface area contributed by atoms with Gasteiger partial charge in [-0.25, -0.2) is 15.0 Å². The third-order valence-corrected chi connectivity index (χ3v) is 4.77. The quantitative estimate of drug-likeness (QED) is 0.794. The highest BCUT2D eigenvalue weighted by Gasteiger charge is 2.14. The molecule has 19 heavy (non-hydrogen) atoms. The van der Waals surface area contributed by atoms with Gasteiger partial charge in [0.15, 0.2) is 4.34 Å². The number of hydrogen-bond acceptors (Lipinski definition) is 6. The van der Waals surface area contributed by atoms with E-state index >= 15 is 0 Å². The molecule has 0 unspecified atom stereocenters. The Kier molecular flexibility index (Phi) is 4.76. The monoisotopic (exact) mass is 314 g/mol. The summed E-state index contributed by atoms with van der Waals surface area (Å²) in [7, 11) is 0. The second kappa shape index (κ2) is 6.15. The number of halogens is 1. The summed E-state index contributed by atoms with van der Waals surface area (Å²) < 4.78 is 5.17. The first-order chi connectivity index (χ1) is 9.01. The first kappa shape index (κ1) is 14.7. The highest BCUT2D eigenvalue weighted by atomic mass is 35.5. The number of aromatic nitrogens is 4. The van der Waals surface area contributed by atoms with Crippen LogP contribution in [0.3, 0.4) is 0 Å². The van der Waals surface area contributed by atoms with Crippen LogP contribution in [0.2, 0.25) is 5.15 Å². The Balaban J connectivity index is 2.33. The third-order valence-electron chi connectivity index (χ3n) is 2.53. The minimum atomic E-state index is 0.248. The maximum absolute atomic E-state index is 6.16. The van der Waals surface area contributed by atoms with Crippen molar-refractivity contribution in [2.45, 2.75) is 49.4 Å². The lowest BCUT2D eigenvalue weighted by Crippen LogP contribution is -2.01. The minimum Gasteiger partial charge on any atom is -0.225 e. The van der Waals surface area contributed by atoms with Crippen molar-refractivity contribution in [3.8, 4) is 0 Å². The van der Waals surface area contributed by atoms with Gasteiger partial charge in [0, 0.05) is 17.9 Å². The number of nitrogens with zero attached hydrogens (tertiary/aromatic N) is 4. The van der Waals surface area contributed by atoms with Gasteiger partial charge >= 0.3 is 0 Å². The Hall–Kier alpha value is -0.720. The van der Waals surface area contributed by atoms with E-state index in [9.17, 15) is 0 Å². The first-order valence-electron chi connectivity index (χ1n) is 6.05. The van der Waals surface area contributed by atoms with Gasteiger partial charge in [-0.1, -0.05) is 32.4 Å². The highest BCUT2D eigenvalue weighted by molar-refractivity contribution is 8.00. The second-order valence-corrected chi connectivity index (χ2v) is 6.74. The van der Waals surface area contributed by atoms with Crippen LogP contribution < -0.4 is 0 Å². The molecule has 0 aliphatic rings. The van der Waals surface area contributed by atoms with Crippen LogP contribution in [0.1, 0.15) is 43.9 Å². The van der Waals surface area contributed by atoms with Gasteiger partial charge in [-0.05, 0) is 30.2 Å². The third kappa shape index (κ3) is 3.43. The molecule has 0 fully saturated rings. The van der Waals surface area contributed by atoms with Crippen LogP contribution >= 0.6 is 34.9 Å².